The Balaban J connectivity index is 2.62. The lowest BCUT2D eigenvalue weighted by atomic mass is 10.5. The summed E-state index contributed by atoms with van der Waals surface area (Å²) < 4.78 is 0. The van der Waals surface area contributed by atoms with Crippen molar-refractivity contribution in [1.82, 2.24) is 15.8 Å². The Morgan fingerprint density at radius 1 is 1.45 bits per heavy atom. The molecule has 1 atom stereocenters. The molecular formula is C5H9N3O2S. The fraction of sp³-hybridized carbons (Fsp3) is 0.600. The van der Waals surface area contributed by atoms with E-state index in [0.717, 1.165) is 0 Å². The SMILES string of the molecule is CSC1NC(=O)C(=O)NN1C. The summed E-state index contributed by atoms with van der Waals surface area (Å²) in [5.74, 6) is -1.19. The maximum Gasteiger partial charge on any atom is 0.323 e. The molecule has 0 bridgehead atoms. The van der Waals surface area contributed by atoms with Crippen molar-refractivity contribution >= 4 is 23.6 Å². The lowest BCUT2D eigenvalue weighted by molar-refractivity contribution is -0.146. The van der Waals surface area contributed by atoms with Crippen LogP contribution in [0.2, 0.25) is 0 Å². The zero-order chi connectivity index (χ0) is 8.43. The first kappa shape index (κ1) is 8.35. The number of hydrazine groups is 1. The molecule has 0 aliphatic carbocycles. The van der Waals surface area contributed by atoms with Crippen LogP contribution in [0, 0.1) is 0 Å². The van der Waals surface area contributed by atoms with Crippen molar-refractivity contribution < 1.29 is 9.59 Å². The fourth-order valence-electron chi connectivity index (χ4n) is 0.761. The summed E-state index contributed by atoms with van der Waals surface area (Å²) in [6.07, 6.45) is 1.85. The van der Waals surface area contributed by atoms with Crippen molar-refractivity contribution in [2.24, 2.45) is 0 Å². The molecule has 6 heteroatoms. The van der Waals surface area contributed by atoms with Crippen molar-refractivity contribution in [3.05, 3.63) is 0 Å². The van der Waals surface area contributed by atoms with E-state index in [1.807, 2.05) is 6.26 Å². The highest BCUT2D eigenvalue weighted by Crippen LogP contribution is 2.07. The number of thioether (sulfide) groups is 1. The normalized spacial score (nSPS) is 26.2. The van der Waals surface area contributed by atoms with Gasteiger partial charge in [0.15, 0.2) is 0 Å². The minimum absolute atomic E-state index is 0.166. The number of rotatable bonds is 1. The van der Waals surface area contributed by atoms with E-state index in [1.54, 1.807) is 12.1 Å². The van der Waals surface area contributed by atoms with E-state index in [0.29, 0.717) is 0 Å². The van der Waals surface area contributed by atoms with E-state index in [2.05, 4.69) is 10.7 Å². The van der Waals surface area contributed by atoms with Gasteiger partial charge in [0.05, 0.1) is 0 Å². The van der Waals surface area contributed by atoms with Crippen LogP contribution in [0.3, 0.4) is 0 Å². The molecule has 1 unspecified atom stereocenters. The minimum atomic E-state index is -0.613. The number of nitrogens with one attached hydrogen (secondary N) is 2. The first-order chi connectivity index (χ1) is 5.15. The van der Waals surface area contributed by atoms with Crippen LogP contribution in [0.4, 0.5) is 0 Å². The molecule has 2 amide bonds. The summed E-state index contributed by atoms with van der Waals surface area (Å²) >= 11 is 1.44. The maximum absolute atomic E-state index is 10.7. The summed E-state index contributed by atoms with van der Waals surface area (Å²) in [5.41, 5.74) is 2.23. The van der Waals surface area contributed by atoms with E-state index in [9.17, 15) is 9.59 Å². The lowest BCUT2D eigenvalue weighted by Crippen LogP contribution is -2.62. The summed E-state index contributed by atoms with van der Waals surface area (Å²) in [6.45, 7) is 0. The van der Waals surface area contributed by atoms with Gasteiger partial charge < -0.3 is 5.32 Å². The van der Waals surface area contributed by atoms with Gasteiger partial charge in [0.1, 0.15) is 5.50 Å². The summed E-state index contributed by atoms with van der Waals surface area (Å²) in [4.78, 5) is 21.4. The molecule has 1 saturated heterocycles. The number of carbonyl (C=O) groups excluding carboxylic acids is 2. The second-order valence-corrected chi connectivity index (χ2v) is 3.03. The van der Waals surface area contributed by atoms with Gasteiger partial charge in [-0.05, 0) is 6.26 Å². The van der Waals surface area contributed by atoms with Gasteiger partial charge >= 0.3 is 11.8 Å². The van der Waals surface area contributed by atoms with Crippen LogP contribution in [0.1, 0.15) is 0 Å². The van der Waals surface area contributed by atoms with Crippen molar-refractivity contribution in [2.45, 2.75) is 5.50 Å². The molecule has 1 aliphatic rings. The molecule has 0 aromatic carbocycles. The van der Waals surface area contributed by atoms with Gasteiger partial charge in [-0.15, -0.1) is 11.8 Å². The zero-order valence-corrected chi connectivity index (χ0v) is 7.07. The average molecular weight is 175 g/mol. The highest BCUT2D eigenvalue weighted by molar-refractivity contribution is 7.99. The molecule has 1 rings (SSSR count). The average Bonchev–Trinajstić information content (AvgIpc) is 1.97. The van der Waals surface area contributed by atoms with Crippen LogP contribution in [0.15, 0.2) is 0 Å². The maximum atomic E-state index is 10.7. The fourth-order valence-corrected chi connectivity index (χ4v) is 1.35. The van der Waals surface area contributed by atoms with Gasteiger partial charge in [0.25, 0.3) is 0 Å². The molecule has 11 heavy (non-hydrogen) atoms. The minimum Gasteiger partial charge on any atom is -0.322 e. The first-order valence-electron chi connectivity index (χ1n) is 3.02. The molecule has 1 fully saturated rings. The molecule has 5 nitrogen and oxygen atoms in total. The Morgan fingerprint density at radius 2 is 2.09 bits per heavy atom. The second-order valence-electron chi connectivity index (χ2n) is 2.11. The van der Waals surface area contributed by atoms with Crippen LogP contribution >= 0.6 is 11.8 Å². The largest absolute Gasteiger partial charge is 0.323 e. The molecule has 0 spiro atoms. The highest BCUT2D eigenvalue weighted by Gasteiger charge is 2.28. The van der Waals surface area contributed by atoms with Crippen LogP contribution in [-0.4, -0.2) is 35.6 Å². The molecule has 1 heterocycles. The summed E-state index contributed by atoms with van der Waals surface area (Å²) in [6, 6.07) is 0. The summed E-state index contributed by atoms with van der Waals surface area (Å²) in [5, 5.41) is 4.05. The first-order valence-corrected chi connectivity index (χ1v) is 4.31. The number of hydrogen-bond donors (Lipinski definition) is 2. The van der Waals surface area contributed by atoms with E-state index < -0.39 is 11.8 Å². The molecule has 2 N–H and O–H groups in total. The van der Waals surface area contributed by atoms with E-state index in [-0.39, 0.29) is 5.50 Å². The molecule has 62 valence electrons. The van der Waals surface area contributed by atoms with Crippen LogP contribution in [0.25, 0.3) is 0 Å². The number of carbonyl (C=O) groups is 2. The Morgan fingerprint density at radius 3 is 2.64 bits per heavy atom. The Bertz CT molecular complexity index is 196. The van der Waals surface area contributed by atoms with Crippen LogP contribution < -0.4 is 10.7 Å². The van der Waals surface area contributed by atoms with Gasteiger partial charge in [-0.25, -0.2) is 0 Å². The summed E-state index contributed by atoms with van der Waals surface area (Å²) in [7, 11) is 1.69. The molecular weight excluding hydrogens is 166 g/mol. The zero-order valence-electron chi connectivity index (χ0n) is 6.25. The third-order valence-electron chi connectivity index (χ3n) is 1.31. The second kappa shape index (κ2) is 3.10. The van der Waals surface area contributed by atoms with Gasteiger partial charge in [0, 0.05) is 7.05 Å². The predicted molar refractivity (Wildman–Crippen MR) is 41.4 cm³/mol. The highest BCUT2D eigenvalue weighted by atomic mass is 32.2. The standard InChI is InChI=1S/C5H9N3O2S/c1-8-5(11-2)6-3(9)4(10)7-8/h5H,1-2H3,(H,6,9)(H,7,10). The van der Waals surface area contributed by atoms with E-state index in [1.165, 1.54) is 11.8 Å². The Hall–Kier alpha value is -0.750. The smallest absolute Gasteiger partial charge is 0.322 e. The monoisotopic (exact) mass is 175 g/mol. The van der Waals surface area contributed by atoms with Gasteiger partial charge in [-0.1, -0.05) is 0 Å². The number of amides is 2. The van der Waals surface area contributed by atoms with Crippen LogP contribution in [-0.2, 0) is 9.59 Å². The van der Waals surface area contributed by atoms with Crippen LogP contribution in [0.5, 0.6) is 0 Å². The van der Waals surface area contributed by atoms with Crippen molar-refractivity contribution in [2.75, 3.05) is 13.3 Å². The van der Waals surface area contributed by atoms with Gasteiger partial charge in [0.2, 0.25) is 0 Å². The number of nitrogens with zero attached hydrogens (tertiary/aromatic N) is 1. The molecule has 0 aromatic heterocycles. The topological polar surface area (TPSA) is 61.4 Å². The Kier molecular flexibility index (Phi) is 2.35. The molecule has 0 radical (unpaired) electrons. The third-order valence-corrected chi connectivity index (χ3v) is 2.19. The molecule has 1 aliphatic heterocycles. The van der Waals surface area contributed by atoms with Crippen molar-refractivity contribution in [3.8, 4) is 0 Å². The lowest BCUT2D eigenvalue weighted by Gasteiger charge is -2.31. The molecule has 0 saturated carbocycles. The predicted octanol–water partition coefficient (Wildman–Crippen LogP) is -1.27. The van der Waals surface area contributed by atoms with Gasteiger partial charge in [-0.3, -0.25) is 15.0 Å². The quantitative estimate of drug-likeness (QED) is 0.488. The third kappa shape index (κ3) is 1.63. The molecule has 0 aromatic rings. The van der Waals surface area contributed by atoms with E-state index in [4.69, 9.17) is 0 Å². The van der Waals surface area contributed by atoms with E-state index >= 15 is 0 Å². The van der Waals surface area contributed by atoms with Gasteiger partial charge in [-0.2, -0.15) is 5.01 Å². The Labute approximate surface area is 68.5 Å². The number of hydrogen-bond acceptors (Lipinski definition) is 4. The van der Waals surface area contributed by atoms with Crippen molar-refractivity contribution in [1.29, 1.82) is 0 Å². The van der Waals surface area contributed by atoms with Crippen molar-refractivity contribution in [3.63, 3.8) is 0 Å².